The van der Waals surface area contributed by atoms with Gasteiger partial charge in [0.25, 0.3) is 0 Å². The van der Waals surface area contributed by atoms with Gasteiger partial charge in [-0.25, -0.2) is 0 Å². The molecule has 0 radical (unpaired) electrons. The molecule has 0 aliphatic rings. The van der Waals surface area contributed by atoms with Gasteiger partial charge in [-0.15, -0.1) is 0 Å². The Bertz CT molecular complexity index is 112. The van der Waals surface area contributed by atoms with Gasteiger partial charge >= 0.3 is 0 Å². The van der Waals surface area contributed by atoms with Crippen LogP contribution in [0.25, 0.3) is 0 Å². The molecule has 0 nitrogen and oxygen atoms in total. The van der Waals surface area contributed by atoms with E-state index in [0.717, 1.165) is 11.5 Å². The average Bonchev–Trinajstić information content (AvgIpc) is 2.35. The molecule has 0 saturated carbocycles. The van der Waals surface area contributed by atoms with Crippen molar-refractivity contribution in [3.05, 3.63) is 0 Å². The van der Waals surface area contributed by atoms with Crippen LogP contribution in [0.4, 0.5) is 0 Å². The number of hydrogen-bond donors (Lipinski definition) is 2. The van der Waals surface area contributed by atoms with E-state index in [9.17, 15) is 0 Å². The number of hydrogen-bond acceptors (Lipinski definition) is 2. The molecule has 104 valence electrons. The average molecular weight is 277 g/mol. The largest absolute Gasteiger partial charge is 0.179 e. The van der Waals surface area contributed by atoms with E-state index < -0.39 is 0 Å². The van der Waals surface area contributed by atoms with Crippen LogP contribution in [0.15, 0.2) is 0 Å². The van der Waals surface area contributed by atoms with E-state index in [1.54, 1.807) is 0 Å². The summed E-state index contributed by atoms with van der Waals surface area (Å²) in [6.07, 6.45) is 18.4. The van der Waals surface area contributed by atoms with Gasteiger partial charge in [0, 0.05) is 0 Å². The third-order valence-corrected chi connectivity index (χ3v) is 3.95. The summed E-state index contributed by atoms with van der Waals surface area (Å²) in [7, 11) is 0. The molecule has 0 aromatic rings. The molecule has 0 unspecified atom stereocenters. The van der Waals surface area contributed by atoms with Crippen LogP contribution in [0, 0.1) is 0 Å². The minimum Gasteiger partial charge on any atom is -0.179 e. The normalized spacial score (nSPS) is 10.9. The van der Waals surface area contributed by atoms with Crippen LogP contribution in [-0.4, -0.2) is 11.5 Å². The Morgan fingerprint density at radius 2 is 0.471 bits per heavy atom. The van der Waals surface area contributed by atoms with Gasteiger partial charge in [-0.2, -0.15) is 25.3 Å². The molecule has 0 aromatic carbocycles. The fraction of sp³-hybridized carbons (Fsp3) is 1.00. The molecule has 0 heterocycles. The molecule has 0 rings (SSSR count). The van der Waals surface area contributed by atoms with Crippen molar-refractivity contribution in [1.82, 2.24) is 0 Å². The van der Waals surface area contributed by atoms with E-state index in [2.05, 4.69) is 25.3 Å². The lowest BCUT2D eigenvalue weighted by Crippen LogP contribution is -1.83. The molecule has 0 aromatic heterocycles. The third-order valence-electron chi connectivity index (χ3n) is 3.32. The van der Waals surface area contributed by atoms with Crippen LogP contribution in [0.1, 0.15) is 83.5 Å². The smallest absolute Gasteiger partial charge is 0.00979 e. The van der Waals surface area contributed by atoms with Crippen LogP contribution < -0.4 is 0 Å². The van der Waals surface area contributed by atoms with Gasteiger partial charge in [0.1, 0.15) is 0 Å². The predicted octanol–water partition coefficient (Wildman–Crippen LogP) is 5.92. The van der Waals surface area contributed by atoms with E-state index in [1.807, 2.05) is 0 Å². The summed E-state index contributed by atoms with van der Waals surface area (Å²) in [6.45, 7) is 0. The Morgan fingerprint density at radius 3 is 0.647 bits per heavy atom. The molecule has 0 N–H and O–H groups in total. The van der Waals surface area contributed by atoms with Crippen molar-refractivity contribution in [2.75, 3.05) is 11.5 Å². The quantitative estimate of drug-likeness (QED) is 0.286. The molecule has 0 aliphatic carbocycles. The Hall–Kier alpha value is 0.700. The van der Waals surface area contributed by atoms with Crippen LogP contribution >= 0.6 is 25.3 Å². The second-order valence-electron chi connectivity index (χ2n) is 5.04. The Balaban J connectivity index is 2.85. The third kappa shape index (κ3) is 16.7. The van der Waals surface area contributed by atoms with Crippen LogP contribution in [0.2, 0.25) is 0 Å². The SMILES string of the molecule is SCCCCCCCCCCCCCCCS. The van der Waals surface area contributed by atoms with Crippen LogP contribution in [0.3, 0.4) is 0 Å². The lowest BCUT2D eigenvalue weighted by atomic mass is 10.0. The maximum absolute atomic E-state index is 4.23. The van der Waals surface area contributed by atoms with Gasteiger partial charge in [0.15, 0.2) is 0 Å². The zero-order valence-corrected chi connectivity index (χ0v) is 13.3. The molecule has 0 bridgehead atoms. The van der Waals surface area contributed by atoms with E-state index in [-0.39, 0.29) is 0 Å². The maximum atomic E-state index is 4.23. The highest BCUT2D eigenvalue weighted by atomic mass is 32.1. The summed E-state index contributed by atoms with van der Waals surface area (Å²) < 4.78 is 0. The fourth-order valence-corrected chi connectivity index (χ4v) is 2.62. The molecule has 2 heteroatoms. The van der Waals surface area contributed by atoms with Crippen molar-refractivity contribution in [3.8, 4) is 0 Å². The van der Waals surface area contributed by atoms with Crippen LogP contribution in [-0.2, 0) is 0 Å². The zero-order chi connectivity index (χ0) is 12.6. The summed E-state index contributed by atoms with van der Waals surface area (Å²) in [4.78, 5) is 0. The van der Waals surface area contributed by atoms with E-state index >= 15 is 0 Å². The monoisotopic (exact) mass is 276 g/mol. The van der Waals surface area contributed by atoms with Crippen molar-refractivity contribution in [3.63, 3.8) is 0 Å². The first kappa shape index (κ1) is 17.7. The second kappa shape index (κ2) is 16.7. The highest BCUT2D eigenvalue weighted by Gasteiger charge is 1.93. The summed E-state index contributed by atoms with van der Waals surface area (Å²) in [5.74, 6) is 2.13. The summed E-state index contributed by atoms with van der Waals surface area (Å²) in [5, 5.41) is 0. The molecule has 0 saturated heterocycles. The Kier molecular flexibility index (Phi) is 17.4. The first-order chi connectivity index (χ1) is 8.41. The molecular formula is C15H32S2. The maximum Gasteiger partial charge on any atom is -0.00979 e. The van der Waals surface area contributed by atoms with E-state index in [0.29, 0.717) is 0 Å². The second-order valence-corrected chi connectivity index (χ2v) is 5.94. The van der Waals surface area contributed by atoms with Crippen molar-refractivity contribution >= 4 is 25.3 Å². The van der Waals surface area contributed by atoms with Gasteiger partial charge in [-0.1, -0.05) is 70.6 Å². The molecule has 0 aliphatic heterocycles. The zero-order valence-electron chi connectivity index (χ0n) is 11.5. The van der Waals surface area contributed by atoms with Gasteiger partial charge in [0.05, 0.1) is 0 Å². The topological polar surface area (TPSA) is 0 Å². The Morgan fingerprint density at radius 1 is 0.294 bits per heavy atom. The van der Waals surface area contributed by atoms with Gasteiger partial charge < -0.3 is 0 Å². The molecule has 0 spiro atoms. The predicted molar refractivity (Wildman–Crippen MR) is 87.7 cm³/mol. The van der Waals surface area contributed by atoms with Gasteiger partial charge in [-0.3, -0.25) is 0 Å². The lowest BCUT2D eigenvalue weighted by molar-refractivity contribution is 0.543. The number of thiol groups is 2. The number of rotatable bonds is 14. The minimum atomic E-state index is 1.06. The van der Waals surface area contributed by atoms with Crippen molar-refractivity contribution in [2.24, 2.45) is 0 Å². The van der Waals surface area contributed by atoms with Crippen molar-refractivity contribution in [1.29, 1.82) is 0 Å². The van der Waals surface area contributed by atoms with Crippen molar-refractivity contribution in [2.45, 2.75) is 83.5 Å². The molecule has 0 atom stereocenters. The first-order valence-corrected chi connectivity index (χ1v) is 8.90. The highest BCUT2D eigenvalue weighted by Crippen LogP contribution is 2.12. The molecule has 0 fully saturated rings. The number of unbranched alkanes of at least 4 members (excludes halogenated alkanes) is 12. The molecule has 17 heavy (non-hydrogen) atoms. The first-order valence-electron chi connectivity index (χ1n) is 7.63. The summed E-state index contributed by atoms with van der Waals surface area (Å²) in [5.41, 5.74) is 0. The fourth-order valence-electron chi connectivity index (χ4n) is 2.17. The van der Waals surface area contributed by atoms with Gasteiger partial charge in [0.2, 0.25) is 0 Å². The lowest BCUT2D eigenvalue weighted by Gasteiger charge is -2.02. The van der Waals surface area contributed by atoms with E-state index in [1.165, 1.54) is 83.5 Å². The molecule has 0 amide bonds. The minimum absolute atomic E-state index is 1.06. The standard InChI is InChI=1S/C15H32S2/c16-14-12-10-8-6-4-2-1-3-5-7-9-11-13-15-17/h16-17H,1-15H2. The molecular weight excluding hydrogens is 244 g/mol. The van der Waals surface area contributed by atoms with Crippen LogP contribution in [0.5, 0.6) is 0 Å². The van der Waals surface area contributed by atoms with E-state index in [4.69, 9.17) is 0 Å². The van der Waals surface area contributed by atoms with Crippen molar-refractivity contribution < 1.29 is 0 Å². The highest BCUT2D eigenvalue weighted by molar-refractivity contribution is 7.80. The summed E-state index contributed by atoms with van der Waals surface area (Å²) in [6, 6.07) is 0. The summed E-state index contributed by atoms with van der Waals surface area (Å²) >= 11 is 8.46. The Labute approximate surface area is 120 Å². The van der Waals surface area contributed by atoms with Gasteiger partial charge in [-0.05, 0) is 24.3 Å².